The Kier molecular flexibility index (Phi) is 43.0. The van der Waals surface area contributed by atoms with Crippen LogP contribution in [0.2, 0.25) is 0 Å². The number of unbranched alkanes of at least 4 members (excludes halogenated alkanes) is 3. The van der Waals surface area contributed by atoms with Crippen molar-refractivity contribution >= 4 is 23.5 Å². The molecule has 0 N–H and O–H groups in total. The van der Waals surface area contributed by atoms with Gasteiger partial charge < -0.3 is 56.6 Å². The second-order valence-electron chi connectivity index (χ2n) is 9.48. The Hall–Kier alpha value is 3.03. The van der Waals surface area contributed by atoms with Crippen molar-refractivity contribution in [3.05, 3.63) is 0 Å². The van der Waals surface area contributed by atoms with Crippen LogP contribution in [0.1, 0.15) is 119 Å². The molecule has 0 saturated heterocycles. The van der Waals surface area contributed by atoms with Gasteiger partial charge in [-0.1, -0.05) is 99.3 Å². The SMILES string of the molecule is CCCCC(CC)COP(=O)([O-])[O-].CCCCC(CC)COP(=O)([O-])[O-].CCCCC(CC)COP(=O)([O-])[O-].[Nd+3].[Nd+3]. The van der Waals surface area contributed by atoms with Crippen LogP contribution in [0.3, 0.4) is 0 Å². The van der Waals surface area contributed by atoms with E-state index < -0.39 is 23.5 Å². The van der Waals surface area contributed by atoms with Crippen LogP contribution in [-0.4, -0.2) is 19.8 Å². The molecule has 0 aromatic carbocycles. The molecule has 0 amide bonds. The second kappa shape index (κ2) is 33.0. The molecular formula is C24H51Nd2O12P3. The van der Waals surface area contributed by atoms with Gasteiger partial charge in [0.25, 0.3) is 0 Å². The van der Waals surface area contributed by atoms with E-state index in [1.165, 1.54) is 0 Å². The quantitative estimate of drug-likeness (QED) is 0.152. The average molecular weight is 913 g/mol. The molecule has 41 heavy (non-hydrogen) atoms. The molecule has 0 aliphatic carbocycles. The van der Waals surface area contributed by atoms with Crippen molar-refractivity contribution in [1.82, 2.24) is 0 Å². The molecule has 0 aromatic rings. The Morgan fingerprint density at radius 2 is 0.659 bits per heavy atom. The summed E-state index contributed by atoms with van der Waals surface area (Å²) in [6, 6.07) is 0. The average Bonchev–Trinajstić information content (AvgIpc) is 2.83. The molecule has 0 saturated carbocycles. The molecule has 0 rings (SSSR count). The molecule has 2 radical (unpaired) electrons. The summed E-state index contributed by atoms with van der Waals surface area (Å²) in [5.41, 5.74) is 0. The predicted molar refractivity (Wildman–Crippen MR) is 141 cm³/mol. The first-order valence-electron chi connectivity index (χ1n) is 14.0. The molecule has 3 unspecified atom stereocenters. The molecule has 0 heterocycles. The molecule has 0 aromatic heterocycles. The predicted octanol–water partition coefficient (Wildman–Crippen LogP) is 3.14. The summed E-state index contributed by atoms with van der Waals surface area (Å²) < 4.78 is 43.2. The number of rotatable bonds is 21. The third kappa shape index (κ3) is 47.6. The maximum Gasteiger partial charge on any atom is 3.00 e. The molecular weight excluding hydrogens is 862 g/mol. The van der Waals surface area contributed by atoms with Gasteiger partial charge in [-0.15, -0.1) is 0 Å². The zero-order valence-electron chi connectivity index (χ0n) is 25.6. The largest absolute Gasteiger partial charge is 3.00 e. The van der Waals surface area contributed by atoms with Gasteiger partial charge in [-0.2, -0.15) is 0 Å². The Morgan fingerprint density at radius 1 is 0.463 bits per heavy atom. The van der Waals surface area contributed by atoms with Gasteiger partial charge in [-0.3, -0.25) is 0 Å². The summed E-state index contributed by atoms with van der Waals surface area (Å²) in [5, 5.41) is 0. The van der Waals surface area contributed by atoms with E-state index in [4.69, 9.17) is 0 Å². The van der Waals surface area contributed by atoms with E-state index in [-0.39, 0.29) is 119 Å². The third-order valence-corrected chi connectivity index (χ3v) is 7.43. The van der Waals surface area contributed by atoms with Crippen LogP contribution in [0.4, 0.5) is 0 Å². The number of hydrogen-bond donors (Lipinski definition) is 0. The van der Waals surface area contributed by atoms with E-state index in [1.54, 1.807) is 0 Å². The Bertz CT molecular complexity index is 598. The maximum atomic E-state index is 10.2. The molecule has 12 nitrogen and oxygen atoms in total. The summed E-state index contributed by atoms with van der Waals surface area (Å²) in [5.74, 6) is 0.573. The van der Waals surface area contributed by atoms with Crippen LogP contribution >= 0.6 is 23.5 Å². The van der Waals surface area contributed by atoms with E-state index in [9.17, 15) is 43.1 Å². The van der Waals surface area contributed by atoms with Crippen molar-refractivity contribution in [1.29, 1.82) is 0 Å². The van der Waals surface area contributed by atoms with Crippen molar-refractivity contribution in [3.63, 3.8) is 0 Å². The van der Waals surface area contributed by atoms with Crippen molar-refractivity contribution in [2.45, 2.75) is 119 Å². The van der Waals surface area contributed by atoms with Crippen molar-refractivity contribution < 1.29 is 138 Å². The van der Waals surface area contributed by atoms with E-state index >= 15 is 0 Å². The Labute approximate surface area is 314 Å². The fraction of sp³-hybridized carbons (Fsp3) is 1.00. The summed E-state index contributed by atoms with van der Waals surface area (Å²) >= 11 is 0. The van der Waals surface area contributed by atoms with Crippen LogP contribution in [0.15, 0.2) is 0 Å². The number of hydrogen-bond acceptors (Lipinski definition) is 12. The normalized spacial score (nSPS) is 13.8. The molecule has 0 fully saturated rings. The van der Waals surface area contributed by atoms with Crippen LogP contribution in [0.25, 0.3) is 0 Å². The molecule has 3 atom stereocenters. The standard InChI is InChI=1S/3C8H19O4P.2Nd/c3*1-3-5-6-8(4-2)7-12-13(9,10)11;;/h3*8H,3-7H2,1-2H3,(H2,9,10,11);;/q;;;2*+3/p-6. The van der Waals surface area contributed by atoms with Crippen LogP contribution in [-0.2, 0) is 27.3 Å². The number of phosphoric acid groups is 3. The van der Waals surface area contributed by atoms with Gasteiger partial charge in [-0.25, -0.2) is 0 Å². The van der Waals surface area contributed by atoms with Gasteiger partial charge >= 0.3 is 81.7 Å². The van der Waals surface area contributed by atoms with Crippen LogP contribution in [0, 0.1) is 99.4 Å². The minimum absolute atomic E-state index is 0. The maximum absolute atomic E-state index is 10.2. The Morgan fingerprint density at radius 3 is 0.780 bits per heavy atom. The van der Waals surface area contributed by atoms with Gasteiger partial charge in [0, 0.05) is 0 Å². The molecule has 0 spiro atoms. The molecule has 242 valence electrons. The summed E-state index contributed by atoms with van der Waals surface area (Å²) in [6.07, 6.45) is 11.7. The van der Waals surface area contributed by atoms with E-state index in [2.05, 4.69) is 34.3 Å². The van der Waals surface area contributed by atoms with E-state index in [0.29, 0.717) is 0 Å². The number of phosphoric ester groups is 3. The van der Waals surface area contributed by atoms with Crippen LogP contribution in [0.5, 0.6) is 0 Å². The van der Waals surface area contributed by atoms with E-state index in [1.807, 2.05) is 20.8 Å². The zero-order chi connectivity index (χ0) is 31.0. The summed E-state index contributed by atoms with van der Waals surface area (Å²) in [6.45, 7) is 12.2. The molecule has 17 heteroatoms. The minimum atomic E-state index is -4.76. The molecule has 0 aliphatic heterocycles. The first-order chi connectivity index (χ1) is 18.0. The van der Waals surface area contributed by atoms with Crippen molar-refractivity contribution in [3.8, 4) is 0 Å². The third-order valence-electron chi connectivity index (χ3n) is 6.03. The smallest absolute Gasteiger partial charge is 0.790 e. The first kappa shape index (κ1) is 53.5. The fourth-order valence-electron chi connectivity index (χ4n) is 3.28. The fourth-order valence-corrected chi connectivity index (χ4v) is 4.46. The van der Waals surface area contributed by atoms with Gasteiger partial charge in [0.2, 0.25) is 0 Å². The zero-order valence-corrected chi connectivity index (χ0v) is 34.7. The first-order valence-corrected chi connectivity index (χ1v) is 18.4. The van der Waals surface area contributed by atoms with Gasteiger partial charge in [-0.05, 0) is 37.0 Å². The monoisotopic (exact) mass is 908 g/mol. The van der Waals surface area contributed by atoms with E-state index in [0.717, 1.165) is 77.0 Å². The van der Waals surface area contributed by atoms with Gasteiger partial charge in [0.05, 0.1) is 43.3 Å². The van der Waals surface area contributed by atoms with Crippen molar-refractivity contribution in [2.24, 2.45) is 17.8 Å². The summed E-state index contributed by atoms with van der Waals surface area (Å²) in [4.78, 5) is 61.1. The van der Waals surface area contributed by atoms with Gasteiger partial charge in [0.1, 0.15) is 0 Å². The second-order valence-corrected chi connectivity index (χ2v) is 12.9. The molecule has 0 bridgehead atoms. The minimum Gasteiger partial charge on any atom is -0.790 e. The Balaban J connectivity index is -0.000000154. The molecule has 0 aliphatic rings. The summed E-state index contributed by atoms with van der Waals surface area (Å²) in [7, 11) is -14.3. The van der Waals surface area contributed by atoms with Crippen molar-refractivity contribution in [2.75, 3.05) is 19.8 Å². The topological polar surface area (TPSA) is 217 Å². The van der Waals surface area contributed by atoms with Gasteiger partial charge in [0.15, 0.2) is 0 Å². The van der Waals surface area contributed by atoms with Crippen LogP contribution < -0.4 is 29.4 Å².